The Morgan fingerprint density at radius 1 is 1.50 bits per heavy atom. The Hall–Kier alpha value is -1.07. The summed E-state index contributed by atoms with van der Waals surface area (Å²) in [4.78, 5) is 11.4. The molecule has 0 bridgehead atoms. The van der Waals surface area contributed by atoms with Crippen molar-refractivity contribution in [2.45, 2.75) is 25.3 Å². The molecule has 0 radical (unpaired) electrons. The van der Waals surface area contributed by atoms with E-state index in [1.807, 2.05) is 18.2 Å². The molecule has 4 nitrogen and oxygen atoms in total. The molecule has 1 unspecified atom stereocenters. The van der Waals surface area contributed by atoms with Crippen LogP contribution < -0.4 is 16.4 Å². The minimum absolute atomic E-state index is 0.415. The summed E-state index contributed by atoms with van der Waals surface area (Å²) in [5.41, 5.74) is 6.72. The lowest BCUT2D eigenvalue weighted by Gasteiger charge is -2.24. The predicted molar refractivity (Wildman–Crippen MR) is 76.8 cm³/mol. The van der Waals surface area contributed by atoms with Crippen LogP contribution in [0.4, 0.5) is 5.69 Å². The van der Waals surface area contributed by atoms with E-state index in [0.717, 1.165) is 23.2 Å². The van der Waals surface area contributed by atoms with Crippen molar-refractivity contribution in [3.05, 3.63) is 28.2 Å². The zero-order chi connectivity index (χ0) is 13.0. The number of carbonyl (C=O) groups is 1. The summed E-state index contributed by atoms with van der Waals surface area (Å²) < 4.78 is 0.733. The summed E-state index contributed by atoms with van der Waals surface area (Å²) >= 11 is 3.36. The first kappa shape index (κ1) is 13.4. The topological polar surface area (TPSA) is 67.2 Å². The number of rotatable bonds is 4. The molecule has 98 valence electrons. The molecule has 4 N–H and O–H groups in total. The number of benzene rings is 1. The quantitative estimate of drug-likeness (QED) is 0.797. The van der Waals surface area contributed by atoms with Gasteiger partial charge in [-0.2, -0.15) is 0 Å². The van der Waals surface area contributed by atoms with Crippen LogP contribution in [0.3, 0.4) is 0 Å². The van der Waals surface area contributed by atoms with Crippen LogP contribution in [0.25, 0.3) is 0 Å². The average molecular weight is 312 g/mol. The lowest BCUT2D eigenvalue weighted by molar-refractivity contribution is 0.100. The van der Waals surface area contributed by atoms with Crippen molar-refractivity contribution in [3.63, 3.8) is 0 Å². The molecule has 2 rings (SSSR count). The Kier molecular flexibility index (Phi) is 4.60. The van der Waals surface area contributed by atoms with Gasteiger partial charge in [0.05, 0.1) is 5.56 Å². The molecular formula is C13H18BrN3O. The van der Waals surface area contributed by atoms with E-state index in [1.165, 1.54) is 19.3 Å². The fourth-order valence-electron chi connectivity index (χ4n) is 2.25. The third kappa shape index (κ3) is 3.23. The molecule has 1 aromatic rings. The van der Waals surface area contributed by atoms with Gasteiger partial charge in [-0.25, -0.2) is 0 Å². The third-order valence-electron chi connectivity index (χ3n) is 3.21. The van der Waals surface area contributed by atoms with E-state index < -0.39 is 5.91 Å². The first-order chi connectivity index (χ1) is 8.68. The van der Waals surface area contributed by atoms with E-state index in [0.29, 0.717) is 11.6 Å². The Balaban J connectivity index is 2.04. The summed E-state index contributed by atoms with van der Waals surface area (Å²) in [6.45, 7) is 1.89. The van der Waals surface area contributed by atoms with E-state index in [2.05, 4.69) is 26.6 Å². The lowest BCUT2D eigenvalue weighted by Crippen LogP contribution is -2.39. The number of hydrogen-bond donors (Lipinski definition) is 3. The number of nitrogens with two attached hydrogens (primary N) is 1. The SMILES string of the molecule is NC(=O)c1c(Br)cccc1NCC1CCCCN1. The minimum Gasteiger partial charge on any atom is -0.383 e. The molecule has 18 heavy (non-hydrogen) atoms. The Morgan fingerprint density at radius 2 is 2.33 bits per heavy atom. The highest BCUT2D eigenvalue weighted by molar-refractivity contribution is 9.10. The number of carbonyl (C=O) groups excluding carboxylic acids is 1. The molecule has 0 aromatic heterocycles. The van der Waals surface area contributed by atoms with E-state index >= 15 is 0 Å². The van der Waals surface area contributed by atoms with Crippen molar-refractivity contribution < 1.29 is 4.79 Å². The van der Waals surface area contributed by atoms with Crippen LogP contribution in [0.1, 0.15) is 29.6 Å². The van der Waals surface area contributed by atoms with Crippen molar-refractivity contribution in [2.24, 2.45) is 5.73 Å². The Morgan fingerprint density at radius 3 is 3.00 bits per heavy atom. The van der Waals surface area contributed by atoms with E-state index in [9.17, 15) is 4.79 Å². The fraction of sp³-hybridized carbons (Fsp3) is 0.462. The Labute approximate surface area is 115 Å². The van der Waals surface area contributed by atoms with Crippen LogP contribution in [-0.2, 0) is 0 Å². The van der Waals surface area contributed by atoms with Crippen molar-refractivity contribution in [1.29, 1.82) is 0 Å². The van der Waals surface area contributed by atoms with Crippen molar-refractivity contribution >= 4 is 27.5 Å². The summed E-state index contributed by atoms with van der Waals surface area (Å²) in [7, 11) is 0. The highest BCUT2D eigenvalue weighted by Gasteiger charge is 2.15. The molecule has 1 atom stereocenters. The van der Waals surface area contributed by atoms with Crippen LogP contribution in [0.15, 0.2) is 22.7 Å². The van der Waals surface area contributed by atoms with Crippen LogP contribution >= 0.6 is 15.9 Å². The first-order valence-corrected chi connectivity index (χ1v) is 7.03. The molecule has 0 saturated carbocycles. The van der Waals surface area contributed by atoms with Crippen molar-refractivity contribution in [3.8, 4) is 0 Å². The van der Waals surface area contributed by atoms with Gasteiger partial charge < -0.3 is 16.4 Å². The minimum atomic E-state index is -0.415. The molecule has 1 aliphatic heterocycles. The van der Waals surface area contributed by atoms with Gasteiger partial charge >= 0.3 is 0 Å². The van der Waals surface area contributed by atoms with Gasteiger partial charge in [-0.15, -0.1) is 0 Å². The van der Waals surface area contributed by atoms with Crippen LogP contribution in [0.5, 0.6) is 0 Å². The number of hydrogen-bond acceptors (Lipinski definition) is 3. The van der Waals surface area contributed by atoms with Crippen molar-refractivity contribution in [1.82, 2.24) is 5.32 Å². The van der Waals surface area contributed by atoms with E-state index in [1.54, 1.807) is 0 Å². The summed E-state index contributed by atoms with van der Waals surface area (Å²) in [6, 6.07) is 6.07. The van der Waals surface area contributed by atoms with Crippen molar-refractivity contribution in [2.75, 3.05) is 18.4 Å². The second-order valence-corrected chi connectivity index (χ2v) is 5.41. The van der Waals surface area contributed by atoms with Gasteiger partial charge in [0.25, 0.3) is 5.91 Å². The molecule has 1 aromatic carbocycles. The molecule has 1 fully saturated rings. The number of nitrogens with one attached hydrogen (secondary N) is 2. The molecule has 1 aliphatic rings. The zero-order valence-electron chi connectivity index (χ0n) is 10.2. The predicted octanol–water partition coefficient (Wildman–Crippen LogP) is 2.10. The molecule has 1 amide bonds. The number of anilines is 1. The largest absolute Gasteiger partial charge is 0.383 e. The molecule has 1 saturated heterocycles. The molecule has 5 heteroatoms. The molecular weight excluding hydrogens is 294 g/mol. The monoisotopic (exact) mass is 311 g/mol. The number of amides is 1. The van der Waals surface area contributed by atoms with Gasteiger partial charge in [-0.3, -0.25) is 4.79 Å². The van der Waals surface area contributed by atoms with Crippen LogP contribution in [-0.4, -0.2) is 25.0 Å². The van der Waals surface area contributed by atoms with Crippen LogP contribution in [0.2, 0.25) is 0 Å². The fourth-order valence-corrected chi connectivity index (χ4v) is 2.81. The molecule has 1 heterocycles. The second-order valence-electron chi connectivity index (χ2n) is 4.55. The average Bonchev–Trinajstić information content (AvgIpc) is 2.37. The van der Waals surface area contributed by atoms with Gasteiger partial charge in [0.2, 0.25) is 0 Å². The summed E-state index contributed by atoms with van der Waals surface area (Å²) in [5.74, 6) is -0.415. The normalized spacial score (nSPS) is 19.5. The summed E-state index contributed by atoms with van der Waals surface area (Å²) in [5, 5.41) is 6.77. The van der Waals surface area contributed by atoms with Gasteiger partial charge in [-0.1, -0.05) is 12.5 Å². The first-order valence-electron chi connectivity index (χ1n) is 6.24. The maximum Gasteiger partial charge on any atom is 0.251 e. The van der Waals surface area contributed by atoms with Gasteiger partial charge in [0, 0.05) is 22.7 Å². The maximum atomic E-state index is 11.4. The van der Waals surface area contributed by atoms with E-state index in [-0.39, 0.29) is 0 Å². The Bertz CT molecular complexity index is 430. The third-order valence-corrected chi connectivity index (χ3v) is 3.87. The standard InChI is InChI=1S/C13H18BrN3O/c14-10-5-3-6-11(12(10)13(15)18)17-8-9-4-1-2-7-16-9/h3,5-6,9,16-17H,1-2,4,7-8H2,(H2,15,18). The van der Waals surface area contributed by atoms with Crippen LogP contribution in [0, 0.1) is 0 Å². The maximum absolute atomic E-state index is 11.4. The van der Waals surface area contributed by atoms with Gasteiger partial charge in [0.1, 0.15) is 0 Å². The number of primary amides is 1. The number of halogens is 1. The van der Waals surface area contributed by atoms with Gasteiger partial charge in [-0.05, 0) is 47.4 Å². The molecule has 0 spiro atoms. The van der Waals surface area contributed by atoms with Gasteiger partial charge in [0.15, 0.2) is 0 Å². The smallest absolute Gasteiger partial charge is 0.251 e. The highest BCUT2D eigenvalue weighted by atomic mass is 79.9. The highest BCUT2D eigenvalue weighted by Crippen LogP contribution is 2.24. The summed E-state index contributed by atoms with van der Waals surface area (Å²) in [6.07, 6.45) is 3.69. The molecule has 0 aliphatic carbocycles. The number of piperidine rings is 1. The zero-order valence-corrected chi connectivity index (χ0v) is 11.8. The second kappa shape index (κ2) is 6.20. The lowest BCUT2D eigenvalue weighted by atomic mass is 10.0. The van der Waals surface area contributed by atoms with E-state index in [4.69, 9.17) is 5.73 Å².